The molecule has 0 radical (unpaired) electrons. The summed E-state index contributed by atoms with van der Waals surface area (Å²) in [5.74, 6) is 0.0515. The highest BCUT2D eigenvalue weighted by Crippen LogP contribution is 2.45. The molecule has 0 saturated carbocycles. The van der Waals surface area contributed by atoms with Gasteiger partial charge in [0.25, 0.3) is 0 Å². The summed E-state index contributed by atoms with van der Waals surface area (Å²) in [5, 5.41) is 10.4. The summed E-state index contributed by atoms with van der Waals surface area (Å²) in [4.78, 5) is 47.4. The van der Waals surface area contributed by atoms with E-state index in [4.69, 9.17) is 30.0 Å². The molecule has 3 rings (SSSR count). The normalized spacial score (nSPS) is 26.7. The number of hydrogen-bond donors (Lipinski definition) is 6. The van der Waals surface area contributed by atoms with Crippen molar-refractivity contribution in [2.45, 2.75) is 24.5 Å². The van der Waals surface area contributed by atoms with Crippen LogP contribution in [0.1, 0.15) is 6.23 Å². The highest BCUT2D eigenvalue weighted by Gasteiger charge is 2.49. The Labute approximate surface area is 150 Å². The number of aliphatic hydroxyl groups excluding tert-OH is 1. The van der Waals surface area contributed by atoms with Crippen LogP contribution in [0.2, 0.25) is 0 Å². The Bertz CT molecular complexity index is 926. The van der Waals surface area contributed by atoms with Crippen molar-refractivity contribution >= 4 is 32.6 Å². The number of phosphoric ester groups is 2. The molecule has 2 aromatic rings. The molecule has 1 fully saturated rings. The molecule has 7 N–H and O–H groups in total. The lowest BCUT2D eigenvalue weighted by molar-refractivity contribution is -0.0502. The van der Waals surface area contributed by atoms with E-state index >= 15 is 0 Å². The third-order valence-corrected chi connectivity index (χ3v) is 4.64. The van der Waals surface area contributed by atoms with Crippen molar-refractivity contribution in [3.05, 3.63) is 12.7 Å². The summed E-state index contributed by atoms with van der Waals surface area (Å²) in [6, 6.07) is 0. The number of rotatable bonds is 6. The molecule has 1 saturated heterocycles. The molecule has 0 bridgehead atoms. The van der Waals surface area contributed by atoms with Crippen molar-refractivity contribution in [2.75, 3.05) is 12.3 Å². The smallest absolute Gasteiger partial charge is 0.386 e. The van der Waals surface area contributed by atoms with Crippen LogP contribution in [0, 0.1) is 0 Å². The Hall–Kier alpha value is -1.51. The number of imidazole rings is 1. The fourth-order valence-electron chi connectivity index (χ4n) is 2.60. The maximum absolute atomic E-state index is 11.2. The first-order valence-electron chi connectivity index (χ1n) is 7.17. The molecule has 17 heteroatoms. The molecule has 0 aromatic carbocycles. The van der Waals surface area contributed by atoms with Crippen molar-refractivity contribution in [1.82, 2.24) is 19.5 Å². The first kappa shape index (κ1) is 20.2. The summed E-state index contributed by atoms with van der Waals surface area (Å²) in [7, 11) is -9.98. The van der Waals surface area contributed by atoms with Gasteiger partial charge in [0.05, 0.1) is 12.9 Å². The fraction of sp³-hybridized carbons (Fsp3) is 0.500. The number of hydrogen-bond acceptors (Lipinski definition) is 10. The number of fused-ring (bicyclic) bond motifs is 1. The van der Waals surface area contributed by atoms with Gasteiger partial charge in [0.1, 0.15) is 30.2 Å². The Morgan fingerprint density at radius 2 is 1.89 bits per heavy atom. The lowest BCUT2D eigenvalue weighted by atomic mass is 10.1. The number of ether oxygens (including phenoxy) is 1. The number of aromatic nitrogens is 4. The Balaban J connectivity index is 1.93. The number of phosphoric acid groups is 2. The minimum Gasteiger partial charge on any atom is -0.386 e. The summed E-state index contributed by atoms with van der Waals surface area (Å²) in [5.41, 5.74) is 6.01. The van der Waals surface area contributed by atoms with Gasteiger partial charge in [0.15, 0.2) is 17.7 Å². The number of nitrogen functional groups attached to an aromatic ring is 1. The molecule has 0 unspecified atom stereocenters. The third kappa shape index (κ3) is 4.50. The zero-order valence-corrected chi connectivity index (χ0v) is 15.0. The SMILES string of the molecule is Nc1ncnc2c1ncn2[C@H]1O[C@H](COP(=O)(O)O)[C@@H](OP(=O)(O)O)[C@H]1O. The van der Waals surface area contributed by atoms with Gasteiger partial charge in [-0.15, -0.1) is 0 Å². The fourth-order valence-corrected chi connectivity index (χ4v) is 3.52. The molecule has 0 spiro atoms. The van der Waals surface area contributed by atoms with E-state index in [1.165, 1.54) is 10.9 Å². The zero-order chi connectivity index (χ0) is 20.0. The lowest BCUT2D eigenvalue weighted by Crippen LogP contribution is -2.35. The maximum Gasteiger partial charge on any atom is 0.470 e. The van der Waals surface area contributed by atoms with Crippen LogP contribution in [0.15, 0.2) is 12.7 Å². The van der Waals surface area contributed by atoms with E-state index in [-0.39, 0.29) is 17.0 Å². The van der Waals surface area contributed by atoms with Crippen LogP contribution in [-0.4, -0.2) is 69.1 Å². The monoisotopic (exact) mass is 427 g/mol. The number of nitrogens with zero attached hydrogens (tertiary/aromatic N) is 4. The molecule has 3 heterocycles. The van der Waals surface area contributed by atoms with Crippen LogP contribution < -0.4 is 5.73 Å². The third-order valence-electron chi connectivity index (χ3n) is 3.64. The van der Waals surface area contributed by atoms with Crippen molar-refractivity contribution < 1.29 is 47.6 Å². The van der Waals surface area contributed by atoms with E-state index in [2.05, 4.69) is 24.0 Å². The molecule has 27 heavy (non-hydrogen) atoms. The average Bonchev–Trinajstić information content (AvgIpc) is 3.07. The quantitative estimate of drug-likeness (QED) is 0.281. The van der Waals surface area contributed by atoms with Gasteiger partial charge in [-0.25, -0.2) is 24.1 Å². The van der Waals surface area contributed by atoms with Crippen LogP contribution in [0.5, 0.6) is 0 Å². The first-order chi connectivity index (χ1) is 12.5. The van der Waals surface area contributed by atoms with Crippen molar-refractivity contribution in [2.24, 2.45) is 0 Å². The maximum atomic E-state index is 11.2. The average molecular weight is 427 g/mol. The molecule has 4 atom stereocenters. The van der Waals surface area contributed by atoms with Crippen LogP contribution in [0.3, 0.4) is 0 Å². The molecule has 2 aromatic heterocycles. The molecule has 15 nitrogen and oxygen atoms in total. The number of aliphatic hydroxyl groups is 1. The van der Waals surface area contributed by atoms with Crippen LogP contribution in [-0.2, 0) is 22.9 Å². The van der Waals surface area contributed by atoms with E-state index in [0.29, 0.717) is 0 Å². The number of nitrogens with two attached hydrogens (primary N) is 1. The van der Waals surface area contributed by atoms with E-state index in [9.17, 15) is 14.2 Å². The van der Waals surface area contributed by atoms with Crippen molar-refractivity contribution in [3.8, 4) is 0 Å². The highest BCUT2D eigenvalue weighted by molar-refractivity contribution is 7.46. The van der Waals surface area contributed by atoms with E-state index in [0.717, 1.165) is 6.33 Å². The molecule has 1 aliphatic heterocycles. The minimum atomic E-state index is -5.07. The van der Waals surface area contributed by atoms with Gasteiger partial charge >= 0.3 is 15.6 Å². The second kappa shape index (κ2) is 7.14. The topological polar surface area (TPSA) is 233 Å². The predicted molar refractivity (Wildman–Crippen MR) is 84.6 cm³/mol. The summed E-state index contributed by atoms with van der Waals surface area (Å²) in [6.07, 6.45) is -3.75. The van der Waals surface area contributed by atoms with Gasteiger partial charge < -0.3 is 35.2 Å². The van der Waals surface area contributed by atoms with Gasteiger partial charge in [-0.3, -0.25) is 13.6 Å². The van der Waals surface area contributed by atoms with Gasteiger partial charge in [0.2, 0.25) is 0 Å². The molecule has 0 aliphatic carbocycles. The van der Waals surface area contributed by atoms with E-state index < -0.39 is 46.8 Å². The number of anilines is 1. The van der Waals surface area contributed by atoms with E-state index in [1.54, 1.807) is 0 Å². The standard InChI is InChI=1S/C10H15N5O10P2/c11-8-5-9(13-2-12-8)15(3-14-5)10-6(16)7(25-27(20,21)22)4(24-10)1-23-26(17,18)19/h2-4,6-7,10,16H,1H2,(H2,11,12,13)(H2,17,18,19)(H2,20,21,22)/t4-,6-,7-,10+/m1/s1. The summed E-state index contributed by atoms with van der Waals surface area (Å²) in [6.45, 7) is -0.813. The Kier molecular flexibility index (Phi) is 5.35. The molecule has 150 valence electrons. The molecule has 0 amide bonds. The lowest BCUT2D eigenvalue weighted by Gasteiger charge is -2.20. The second-order valence-electron chi connectivity index (χ2n) is 5.49. The van der Waals surface area contributed by atoms with E-state index in [1.807, 2.05) is 0 Å². The second-order valence-corrected chi connectivity index (χ2v) is 7.92. The predicted octanol–water partition coefficient (Wildman–Crippen LogP) is -1.75. The van der Waals surface area contributed by atoms with Gasteiger partial charge in [-0.05, 0) is 0 Å². The summed E-state index contributed by atoms with van der Waals surface area (Å²) >= 11 is 0. The molecular formula is C10H15N5O10P2. The Morgan fingerprint density at radius 3 is 2.52 bits per heavy atom. The minimum absolute atomic E-state index is 0.0515. The zero-order valence-electron chi connectivity index (χ0n) is 13.2. The first-order valence-corrected chi connectivity index (χ1v) is 10.2. The Morgan fingerprint density at radius 1 is 1.19 bits per heavy atom. The van der Waals surface area contributed by atoms with Gasteiger partial charge in [-0.2, -0.15) is 0 Å². The van der Waals surface area contributed by atoms with Crippen LogP contribution in [0.4, 0.5) is 5.82 Å². The van der Waals surface area contributed by atoms with Crippen molar-refractivity contribution in [3.63, 3.8) is 0 Å². The van der Waals surface area contributed by atoms with Gasteiger partial charge in [-0.1, -0.05) is 0 Å². The highest BCUT2D eigenvalue weighted by atomic mass is 31.2. The van der Waals surface area contributed by atoms with Gasteiger partial charge in [0, 0.05) is 0 Å². The molecule has 1 aliphatic rings. The largest absolute Gasteiger partial charge is 0.470 e. The summed E-state index contributed by atoms with van der Waals surface area (Å²) < 4.78 is 37.6. The van der Waals surface area contributed by atoms with Crippen LogP contribution >= 0.6 is 15.6 Å². The van der Waals surface area contributed by atoms with Crippen LogP contribution in [0.25, 0.3) is 11.2 Å². The van der Waals surface area contributed by atoms with Crippen molar-refractivity contribution in [1.29, 1.82) is 0 Å². The molecular weight excluding hydrogens is 412 g/mol.